The number of carboxylic acids is 1. The number of nitrogens with one attached hydrogen (secondary N) is 1. The second-order valence-corrected chi connectivity index (χ2v) is 6.22. The molecule has 2 heterocycles. The van der Waals surface area contributed by atoms with Crippen LogP contribution in [0.2, 0.25) is 0 Å². The van der Waals surface area contributed by atoms with E-state index in [-0.39, 0.29) is 29.6 Å². The van der Waals surface area contributed by atoms with Crippen LogP contribution in [0.4, 0.5) is 0 Å². The lowest BCUT2D eigenvalue weighted by atomic mass is 10.1. The molecule has 5 atom stereocenters. The van der Waals surface area contributed by atoms with Crippen molar-refractivity contribution in [2.45, 2.75) is 18.8 Å². The Labute approximate surface area is 116 Å². The first-order valence-corrected chi connectivity index (χ1v) is 7.16. The number of carboxylic acid groups (broad SMARTS) is 1. The van der Waals surface area contributed by atoms with Crippen LogP contribution in [0.3, 0.4) is 0 Å². The molecule has 3 fully saturated rings. The molecule has 0 bridgehead atoms. The highest BCUT2D eigenvalue weighted by atomic mass is 16.4. The minimum Gasteiger partial charge on any atom is -0.481 e. The van der Waals surface area contributed by atoms with Gasteiger partial charge in [0.25, 0.3) is 0 Å². The molecular weight excluding hydrogens is 258 g/mol. The van der Waals surface area contributed by atoms with Gasteiger partial charge in [0, 0.05) is 36.8 Å². The largest absolute Gasteiger partial charge is 0.481 e. The fourth-order valence-corrected chi connectivity index (χ4v) is 3.82. The molecule has 3 aliphatic rings. The maximum atomic E-state index is 12.5. The SMILES string of the molecule is O=C(O)[C@@H]1[C@@H]2CCN(C(=O)[C@@H]3C[C@H]3c3cnc[nH]3)C[C@@H]21. The number of hydrogen-bond acceptors (Lipinski definition) is 3. The van der Waals surface area contributed by atoms with Gasteiger partial charge in [-0.25, -0.2) is 4.98 Å². The molecule has 20 heavy (non-hydrogen) atoms. The summed E-state index contributed by atoms with van der Waals surface area (Å²) < 4.78 is 0. The van der Waals surface area contributed by atoms with E-state index in [4.69, 9.17) is 5.11 Å². The van der Waals surface area contributed by atoms with E-state index in [0.717, 1.165) is 25.1 Å². The van der Waals surface area contributed by atoms with Crippen molar-refractivity contribution in [3.8, 4) is 0 Å². The topological polar surface area (TPSA) is 86.3 Å². The lowest BCUT2D eigenvalue weighted by Crippen LogP contribution is -2.38. The van der Waals surface area contributed by atoms with Gasteiger partial charge in [-0.15, -0.1) is 0 Å². The van der Waals surface area contributed by atoms with Crippen LogP contribution in [0.15, 0.2) is 12.5 Å². The molecule has 0 aromatic carbocycles. The minimum absolute atomic E-state index is 0.0639. The zero-order chi connectivity index (χ0) is 13.9. The Kier molecular flexibility index (Phi) is 2.43. The Bertz CT molecular complexity index is 556. The van der Waals surface area contributed by atoms with Gasteiger partial charge in [0.05, 0.1) is 12.2 Å². The van der Waals surface area contributed by atoms with Crippen LogP contribution in [0.25, 0.3) is 0 Å². The fraction of sp³-hybridized carbons (Fsp3) is 0.643. The lowest BCUT2D eigenvalue weighted by molar-refractivity contribution is -0.139. The van der Waals surface area contributed by atoms with Gasteiger partial charge in [-0.3, -0.25) is 9.59 Å². The molecule has 1 aromatic heterocycles. The summed E-state index contributed by atoms with van der Waals surface area (Å²) in [7, 11) is 0. The van der Waals surface area contributed by atoms with E-state index < -0.39 is 5.97 Å². The van der Waals surface area contributed by atoms with Crippen molar-refractivity contribution in [2.75, 3.05) is 13.1 Å². The maximum Gasteiger partial charge on any atom is 0.307 e. The van der Waals surface area contributed by atoms with Gasteiger partial charge in [0.1, 0.15) is 0 Å². The minimum atomic E-state index is -0.698. The summed E-state index contributed by atoms with van der Waals surface area (Å²) in [5.74, 6) is 0.116. The van der Waals surface area contributed by atoms with E-state index in [2.05, 4.69) is 9.97 Å². The van der Waals surface area contributed by atoms with Gasteiger partial charge in [-0.1, -0.05) is 0 Å². The Morgan fingerprint density at radius 3 is 2.95 bits per heavy atom. The van der Waals surface area contributed by atoms with Crippen molar-refractivity contribution < 1.29 is 14.7 Å². The Morgan fingerprint density at radius 2 is 2.25 bits per heavy atom. The average molecular weight is 275 g/mol. The molecule has 2 saturated carbocycles. The smallest absolute Gasteiger partial charge is 0.307 e. The Morgan fingerprint density at radius 1 is 1.40 bits per heavy atom. The number of H-pyrrole nitrogens is 1. The van der Waals surface area contributed by atoms with Crippen LogP contribution in [0.1, 0.15) is 24.5 Å². The quantitative estimate of drug-likeness (QED) is 0.850. The highest BCUT2D eigenvalue weighted by Crippen LogP contribution is 2.53. The van der Waals surface area contributed by atoms with Crippen molar-refractivity contribution in [2.24, 2.45) is 23.7 Å². The van der Waals surface area contributed by atoms with E-state index in [1.54, 1.807) is 12.5 Å². The summed E-state index contributed by atoms with van der Waals surface area (Å²) in [6.07, 6.45) is 5.15. The van der Waals surface area contributed by atoms with Crippen molar-refractivity contribution in [1.29, 1.82) is 0 Å². The number of aliphatic carboxylic acids is 1. The molecule has 2 aliphatic carbocycles. The molecule has 1 aromatic rings. The van der Waals surface area contributed by atoms with E-state index in [1.807, 2.05) is 4.90 Å². The van der Waals surface area contributed by atoms with Crippen LogP contribution in [0, 0.1) is 23.7 Å². The number of carbonyl (C=O) groups excluding carboxylic acids is 1. The number of aromatic amines is 1. The second kappa shape index (κ2) is 4.07. The van der Waals surface area contributed by atoms with E-state index in [9.17, 15) is 9.59 Å². The number of carbonyl (C=O) groups is 2. The molecule has 0 radical (unpaired) electrons. The second-order valence-electron chi connectivity index (χ2n) is 6.22. The zero-order valence-corrected chi connectivity index (χ0v) is 11.0. The predicted octanol–water partition coefficient (Wildman–Crippen LogP) is 0.692. The highest BCUT2D eigenvalue weighted by Gasteiger charge is 2.58. The summed E-state index contributed by atoms with van der Waals surface area (Å²) in [6, 6.07) is 0. The third-order valence-corrected chi connectivity index (χ3v) is 5.12. The molecule has 2 N–H and O–H groups in total. The van der Waals surface area contributed by atoms with Gasteiger partial charge in [0.15, 0.2) is 0 Å². The molecule has 1 aliphatic heterocycles. The third-order valence-electron chi connectivity index (χ3n) is 5.12. The van der Waals surface area contributed by atoms with Gasteiger partial charge >= 0.3 is 5.97 Å². The number of imidazole rings is 1. The number of likely N-dealkylation sites (tertiary alicyclic amines) is 1. The summed E-state index contributed by atoms with van der Waals surface area (Å²) in [4.78, 5) is 32.4. The summed E-state index contributed by atoms with van der Waals surface area (Å²) >= 11 is 0. The molecule has 106 valence electrons. The first kappa shape index (κ1) is 11.9. The molecule has 4 rings (SSSR count). The van der Waals surface area contributed by atoms with Crippen molar-refractivity contribution in [3.05, 3.63) is 18.2 Å². The van der Waals surface area contributed by atoms with E-state index in [0.29, 0.717) is 12.5 Å². The fourth-order valence-electron chi connectivity index (χ4n) is 3.82. The number of amides is 1. The number of fused-ring (bicyclic) bond motifs is 1. The first-order chi connectivity index (χ1) is 9.66. The number of piperidine rings is 1. The first-order valence-electron chi connectivity index (χ1n) is 7.16. The normalized spacial score (nSPS) is 38.2. The molecule has 6 nitrogen and oxygen atoms in total. The van der Waals surface area contributed by atoms with Crippen molar-refractivity contribution >= 4 is 11.9 Å². The highest BCUT2D eigenvalue weighted by molar-refractivity contribution is 5.83. The number of rotatable bonds is 3. The van der Waals surface area contributed by atoms with Gasteiger partial charge in [-0.2, -0.15) is 0 Å². The standard InChI is InChI=1S/C14H17N3O3/c18-13(9-3-8(9)11-4-15-6-16-11)17-2-1-7-10(5-17)12(7)14(19)20/h4,6-10,12H,1-3,5H2,(H,15,16)(H,19,20)/t7-,8-,9-,10+,12-/m1/s1. The summed E-state index contributed by atoms with van der Waals surface area (Å²) in [6.45, 7) is 1.35. The van der Waals surface area contributed by atoms with E-state index >= 15 is 0 Å². The lowest BCUT2D eigenvalue weighted by Gasteiger charge is -2.26. The van der Waals surface area contributed by atoms with Gasteiger partial charge in [0.2, 0.25) is 5.91 Å². The maximum absolute atomic E-state index is 12.5. The molecule has 1 amide bonds. The summed E-state index contributed by atoms with van der Waals surface area (Å²) in [5.41, 5.74) is 1.04. The number of aromatic nitrogens is 2. The van der Waals surface area contributed by atoms with Crippen LogP contribution in [-0.4, -0.2) is 44.9 Å². The number of nitrogens with zero attached hydrogens (tertiary/aromatic N) is 2. The summed E-state index contributed by atoms with van der Waals surface area (Å²) in [5, 5.41) is 9.08. The molecule has 6 heteroatoms. The Balaban J connectivity index is 1.38. The number of hydrogen-bond donors (Lipinski definition) is 2. The van der Waals surface area contributed by atoms with Crippen LogP contribution in [0.5, 0.6) is 0 Å². The predicted molar refractivity (Wildman–Crippen MR) is 68.7 cm³/mol. The third kappa shape index (κ3) is 1.74. The molecule has 1 saturated heterocycles. The van der Waals surface area contributed by atoms with Crippen molar-refractivity contribution in [3.63, 3.8) is 0 Å². The molecular formula is C14H17N3O3. The van der Waals surface area contributed by atoms with E-state index in [1.165, 1.54) is 0 Å². The van der Waals surface area contributed by atoms with Crippen LogP contribution < -0.4 is 0 Å². The van der Waals surface area contributed by atoms with Crippen LogP contribution >= 0.6 is 0 Å². The monoisotopic (exact) mass is 275 g/mol. The van der Waals surface area contributed by atoms with Crippen LogP contribution in [-0.2, 0) is 9.59 Å². The Hall–Kier alpha value is -1.85. The van der Waals surface area contributed by atoms with Gasteiger partial charge < -0.3 is 15.0 Å². The average Bonchev–Trinajstić information content (AvgIpc) is 3.32. The zero-order valence-electron chi connectivity index (χ0n) is 11.0. The molecule has 0 spiro atoms. The van der Waals surface area contributed by atoms with Crippen molar-refractivity contribution in [1.82, 2.24) is 14.9 Å². The van der Waals surface area contributed by atoms with Gasteiger partial charge in [-0.05, 0) is 24.7 Å². The molecule has 0 unspecified atom stereocenters.